The van der Waals surface area contributed by atoms with Gasteiger partial charge in [0, 0.05) is 6.42 Å². The molecule has 1 atom stereocenters. The molecule has 0 radical (unpaired) electrons. The lowest BCUT2D eigenvalue weighted by molar-refractivity contribution is -0.123. The summed E-state index contributed by atoms with van der Waals surface area (Å²) in [4.78, 5) is 23.2. The highest BCUT2D eigenvalue weighted by atomic mass is 19.1. The van der Waals surface area contributed by atoms with Crippen molar-refractivity contribution in [3.05, 3.63) is 42.0 Å². The van der Waals surface area contributed by atoms with Gasteiger partial charge in [0.25, 0.3) is 0 Å². The molecule has 6 nitrogen and oxygen atoms in total. The number of benzene rings is 1. The Labute approximate surface area is 120 Å². The average Bonchev–Trinajstić information content (AvgIpc) is 2.96. The van der Waals surface area contributed by atoms with Crippen LogP contribution in [0.3, 0.4) is 0 Å². The Kier molecular flexibility index (Phi) is 3.04. The fourth-order valence-electron chi connectivity index (χ4n) is 2.37. The van der Waals surface area contributed by atoms with Gasteiger partial charge < -0.3 is 5.32 Å². The minimum atomic E-state index is -0.930. The summed E-state index contributed by atoms with van der Waals surface area (Å²) in [7, 11) is 0. The van der Waals surface area contributed by atoms with E-state index in [4.69, 9.17) is 0 Å². The van der Waals surface area contributed by atoms with E-state index < -0.39 is 5.54 Å². The van der Waals surface area contributed by atoms with Gasteiger partial charge in [-0.05, 0) is 31.2 Å². The van der Waals surface area contributed by atoms with Crippen LogP contribution >= 0.6 is 0 Å². The van der Waals surface area contributed by atoms with Gasteiger partial charge in [-0.1, -0.05) is 5.21 Å². The molecule has 0 spiro atoms. The lowest BCUT2D eigenvalue weighted by atomic mass is 9.93. The van der Waals surface area contributed by atoms with E-state index in [1.165, 1.54) is 16.8 Å². The topological polar surface area (TPSA) is 76.9 Å². The Morgan fingerprint density at radius 3 is 2.67 bits per heavy atom. The number of aromatic nitrogens is 3. The SMILES string of the molecule is C[C@]1(Cc2cn(-c3ccc(F)cc3)nn2)NC(=O)CC1=O. The van der Waals surface area contributed by atoms with Crippen LogP contribution in [0.2, 0.25) is 0 Å². The zero-order chi connectivity index (χ0) is 15.0. The summed E-state index contributed by atoms with van der Waals surface area (Å²) in [6, 6.07) is 5.83. The first kappa shape index (κ1) is 13.4. The summed E-state index contributed by atoms with van der Waals surface area (Å²) in [5, 5.41) is 10.6. The average molecular weight is 288 g/mol. The molecule has 21 heavy (non-hydrogen) atoms. The third-order valence-electron chi connectivity index (χ3n) is 3.52. The maximum absolute atomic E-state index is 12.9. The summed E-state index contributed by atoms with van der Waals surface area (Å²) in [5.41, 5.74) is 0.320. The molecule has 1 amide bonds. The van der Waals surface area contributed by atoms with Crippen molar-refractivity contribution in [3.8, 4) is 5.69 Å². The monoisotopic (exact) mass is 288 g/mol. The Morgan fingerprint density at radius 2 is 2.05 bits per heavy atom. The molecule has 108 valence electrons. The maximum Gasteiger partial charge on any atom is 0.228 e. The minimum absolute atomic E-state index is 0.0946. The predicted octanol–water partition coefficient (Wildman–Crippen LogP) is 0.797. The Bertz CT molecular complexity index is 710. The van der Waals surface area contributed by atoms with Crippen molar-refractivity contribution in [2.45, 2.75) is 25.3 Å². The van der Waals surface area contributed by atoms with Crippen LogP contribution in [0.5, 0.6) is 0 Å². The molecular weight excluding hydrogens is 275 g/mol. The molecule has 2 aromatic rings. The van der Waals surface area contributed by atoms with Crippen LogP contribution in [0.1, 0.15) is 19.0 Å². The van der Waals surface area contributed by atoms with Crippen LogP contribution in [0.25, 0.3) is 5.69 Å². The molecule has 3 rings (SSSR count). The van der Waals surface area contributed by atoms with Crippen molar-refractivity contribution in [2.75, 3.05) is 0 Å². The Balaban J connectivity index is 1.81. The van der Waals surface area contributed by atoms with Crippen molar-refractivity contribution in [1.29, 1.82) is 0 Å². The highest BCUT2D eigenvalue weighted by molar-refractivity contribution is 6.10. The molecule has 0 bridgehead atoms. The molecule has 0 aliphatic carbocycles. The highest BCUT2D eigenvalue weighted by Gasteiger charge is 2.42. The normalized spacial score (nSPS) is 21.6. The molecule has 1 aromatic carbocycles. The lowest BCUT2D eigenvalue weighted by Crippen LogP contribution is -2.45. The van der Waals surface area contributed by atoms with Crippen LogP contribution in [-0.4, -0.2) is 32.2 Å². The van der Waals surface area contributed by atoms with Gasteiger partial charge >= 0.3 is 0 Å². The molecule has 1 aromatic heterocycles. The molecule has 1 aliphatic heterocycles. The first-order chi connectivity index (χ1) is 9.96. The van der Waals surface area contributed by atoms with E-state index in [1.54, 1.807) is 25.3 Å². The van der Waals surface area contributed by atoms with Gasteiger partial charge in [0.1, 0.15) is 11.4 Å². The summed E-state index contributed by atoms with van der Waals surface area (Å²) in [5.74, 6) is -0.747. The quantitative estimate of drug-likeness (QED) is 0.847. The summed E-state index contributed by atoms with van der Waals surface area (Å²) in [6.45, 7) is 1.68. The van der Waals surface area contributed by atoms with Gasteiger partial charge in [-0.2, -0.15) is 0 Å². The highest BCUT2D eigenvalue weighted by Crippen LogP contribution is 2.20. The Hall–Kier alpha value is -2.57. The number of carbonyl (C=O) groups excluding carboxylic acids is 2. The fraction of sp³-hybridized carbons (Fsp3) is 0.286. The van der Waals surface area contributed by atoms with Crippen molar-refractivity contribution < 1.29 is 14.0 Å². The van der Waals surface area contributed by atoms with E-state index >= 15 is 0 Å². The fourth-order valence-corrected chi connectivity index (χ4v) is 2.37. The summed E-state index contributed by atoms with van der Waals surface area (Å²) >= 11 is 0. The number of carbonyl (C=O) groups is 2. The second-order valence-corrected chi connectivity index (χ2v) is 5.29. The van der Waals surface area contributed by atoms with Gasteiger partial charge in [0.15, 0.2) is 5.78 Å². The first-order valence-electron chi connectivity index (χ1n) is 6.48. The molecule has 2 heterocycles. The summed E-state index contributed by atoms with van der Waals surface area (Å²) < 4.78 is 14.4. The number of Topliss-reactive ketones (excluding diaryl/α,β-unsaturated/α-hetero) is 1. The number of hydrogen-bond donors (Lipinski definition) is 1. The van der Waals surface area contributed by atoms with E-state index in [2.05, 4.69) is 15.6 Å². The van der Waals surface area contributed by atoms with Crippen LogP contribution in [0.4, 0.5) is 4.39 Å². The van der Waals surface area contributed by atoms with Crippen LogP contribution in [-0.2, 0) is 16.0 Å². The van der Waals surface area contributed by atoms with E-state index in [0.717, 1.165) is 0 Å². The molecule has 0 saturated carbocycles. The number of hydrogen-bond acceptors (Lipinski definition) is 4. The van der Waals surface area contributed by atoms with Crippen LogP contribution in [0.15, 0.2) is 30.5 Å². The number of nitrogens with one attached hydrogen (secondary N) is 1. The largest absolute Gasteiger partial charge is 0.343 e. The number of nitrogens with zero attached hydrogens (tertiary/aromatic N) is 3. The standard InChI is InChI=1S/C14H13FN4O2/c1-14(12(20)6-13(21)16-14)7-10-8-19(18-17-10)11-4-2-9(15)3-5-11/h2-5,8H,6-7H2,1H3,(H,16,21)/t14-/m1/s1. The van der Waals surface area contributed by atoms with E-state index in [9.17, 15) is 14.0 Å². The molecule has 1 fully saturated rings. The number of halogens is 1. The summed E-state index contributed by atoms with van der Waals surface area (Å²) in [6.07, 6.45) is 1.84. The molecular formula is C14H13FN4O2. The Morgan fingerprint density at radius 1 is 1.33 bits per heavy atom. The number of amides is 1. The second-order valence-electron chi connectivity index (χ2n) is 5.29. The lowest BCUT2D eigenvalue weighted by Gasteiger charge is -2.20. The van der Waals surface area contributed by atoms with Gasteiger partial charge in [-0.25, -0.2) is 9.07 Å². The smallest absolute Gasteiger partial charge is 0.228 e. The number of rotatable bonds is 3. The van der Waals surface area contributed by atoms with Crippen molar-refractivity contribution in [3.63, 3.8) is 0 Å². The number of ketones is 1. The van der Waals surface area contributed by atoms with Gasteiger partial charge in [-0.15, -0.1) is 5.10 Å². The molecule has 7 heteroatoms. The van der Waals surface area contributed by atoms with Crippen molar-refractivity contribution >= 4 is 11.7 Å². The molecule has 1 aliphatic rings. The third kappa shape index (κ3) is 2.54. The maximum atomic E-state index is 12.9. The zero-order valence-corrected chi connectivity index (χ0v) is 11.3. The second kappa shape index (κ2) is 4.76. The van der Waals surface area contributed by atoms with Crippen LogP contribution in [0, 0.1) is 5.82 Å². The molecule has 1 N–H and O–H groups in total. The zero-order valence-electron chi connectivity index (χ0n) is 11.3. The van der Waals surface area contributed by atoms with Crippen LogP contribution < -0.4 is 5.32 Å². The molecule has 1 saturated heterocycles. The van der Waals surface area contributed by atoms with E-state index in [0.29, 0.717) is 11.4 Å². The first-order valence-corrected chi connectivity index (χ1v) is 6.48. The minimum Gasteiger partial charge on any atom is -0.343 e. The van der Waals surface area contributed by atoms with E-state index in [-0.39, 0.29) is 30.3 Å². The molecule has 0 unspecified atom stereocenters. The third-order valence-corrected chi connectivity index (χ3v) is 3.52. The van der Waals surface area contributed by atoms with Crippen molar-refractivity contribution in [1.82, 2.24) is 20.3 Å². The van der Waals surface area contributed by atoms with Gasteiger partial charge in [-0.3, -0.25) is 9.59 Å². The van der Waals surface area contributed by atoms with E-state index in [1.807, 2.05) is 0 Å². The van der Waals surface area contributed by atoms with Gasteiger partial charge in [0.05, 0.1) is 24.0 Å². The van der Waals surface area contributed by atoms with Crippen molar-refractivity contribution in [2.24, 2.45) is 0 Å². The predicted molar refractivity (Wildman–Crippen MR) is 71.2 cm³/mol. The van der Waals surface area contributed by atoms with Gasteiger partial charge in [0.2, 0.25) is 5.91 Å².